The molecule has 0 aliphatic heterocycles. The number of nitrogens with zero attached hydrogens (tertiary/aromatic N) is 1. The monoisotopic (exact) mass is 374 g/mol. The molecule has 3 aromatic rings. The highest BCUT2D eigenvalue weighted by molar-refractivity contribution is 8.00. The van der Waals surface area contributed by atoms with Gasteiger partial charge in [0, 0.05) is 10.5 Å². The number of halogens is 1. The minimum absolute atomic E-state index is 0.0608. The molecule has 4 nitrogen and oxygen atoms in total. The third-order valence-corrected chi connectivity index (χ3v) is 5.47. The summed E-state index contributed by atoms with van der Waals surface area (Å²) in [4.78, 5) is 28.0. The lowest BCUT2D eigenvalue weighted by Crippen LogP contribution is -2.13. The number of thioether (sulfide) groups is 1. The van der Waals surface area contributed by atoms with Crippen molar-refractivity contribution in [2.24, 2.45) is 0 Å². The van der Waals surface area contributed by atoms with Gasteiger partial charge in [0.1, 0.15) is 5.82 Å². The number of rotatable bonds is 5. The number of benzene rings is 2. The van der Waals surface area contributed by atoms with Crippen molar-refractivity contribution in [3.63, 3.8) is 0 Å². The van der Waals surface area contributed by atoms with Crippen LogP contribution in [0.2, 0.25) is 0 Å². The smallest absolute Gasteiger partial charge is 0.236 e. The summed E-state index contributed by atoms with van der Waals surface area (Å²) in [6.45, 7) is 3.38. The van der Waals surface area contributed by atoms with Gasteiger partial charge in [-0.15, -0.1) is 11.8 Å². The minimum atomic E-state index is -0.499. The predicted octanol–water partition coefficient (Wildman–Crippen LogP) is 4.68. The molecule has 1 N–H and O–H groups in total. The lowest BCUT2D eigenvalue weighted by molar-refractivity contribution is -0.113. The number of nitrogens with one attached hydrogen (secondary N) is 1. The number of hydrogen-bond donors (Lipinski definition) is 1. The number of hydrogen-bond acceptors (Lipinski definition) is 5. The van der Waals surface area contributed by atoms with E-state index in [1.807, 2.05) is 25.1 Å². The van der Waals surface area contributed by atoms with Gasteiger partial charge in [-0.25, -0.2) is 9.37 Å². The molecule has 0 bridgehead atoms. The molecule has 128 valence electrons. The number of fused-ring (bicyclic) bond motifs is 1. The van der Waals surface area contributed by atoms with E-state index in [0.29, 0.717) is 15.6 Å². The molecule has 7 heteroatoms. The second kappa shape index (κ2) is 7.33. The van der Waals surface area contributed by atoms with Crippen LogP contribution in [0, 0.1) is 12.7 Å². The lowest BCUT2D eigenvalue weighted by atomic mass is 10.1. The average Bonchev–Trinajstić information content (AvgIpc) is 2.94. The highest BCUT2D eigenvalue weighted by Crippen LogP contribution is 2.27. The van der Waals surface area contributed by atoms with Crippen LogP contribution in [0.3, 0.4) is 0 Å². The zero-order chi connectivity index (χ0) is 18.0. The van der Waals surface area contributed by atoms with Crippen LogP contribution in [0.1, 0.15) is 22.8 Å². The van der Waals surface area contributed by atoms with Gasteiger partial charge in [0.25, 0.3) is 0 Å². The summed E-state index contributed by atoms with van der Waals surface area (Å²) in [7, 11) is 0. The second-order valence-corrected chi connectivity index (χ2v) is 7.58. The normalized spacial score (nSPS) is 10.8. The van der Waals surface area contributed by atoms with Crippen molar-refractivity contribution in [2.75, 3.05) is 11.1 Å². The predicted molar refractivity (Wildman–Crippen MR) is 100 cm³/mol. The van der Waals surface area contributed by atoms with Gasteiger partial charge in [-0.3, -0.25) is 9.59 Å². The molecule has 0 saturated heterocycles. The molecule has 1 heterocycles. The summed E-state index contributed by atoms with van der Waals surface area (Å²) < 4.78 is 15.0. The molecule has 2 aromatic carbocycles. The number of Topliss-reactive ketones (excluding diaryl/α,β-unsaturated/α-hetero) is 1. The molecule has 1 amide bonds. The number of carbonyl (C=O) groups is 2. The number of anilines is 1. The van der Waals surface area contributed by atoms with Gasteiger partial charge in [-0.05, 0) is 43.7 Å². The first-order valence-corrected chi connectivity index (χ1v) is 9.33. The molecule has 0 radical (unpaired) electrons. The number of ketones is 1. The molecule has 0 fully saturated rings. The van der Waals surface area contributed by atoms with E-state index in [9.17, 15) is 14.0 Å². The van der Waals surface area contributed by atoms with Crippen LogP contribution in [-0.2, 0) is 4.79 Å². The molecule has 0 saturated carbocycles. The summed E-state index contributed by atoms with van der Waals surface area (Å²) in [5, 5.41) is 3.27. The molecule has 0 spiro atoms. The molecule has 0 atom stereocenters. The van der Waals surface area contributed by atoms with Crippen molar-refractivity contribution in [1.82, 2.24) is 4.98 Å². The Labute approximate surface area is 152 Å². The SMILES string of the molecule is CC(=O)c1ccc(SCC(=O)Nc2nc3ccc(C)cc3s2)c(F)c1. The zero-order valence-electron chi connectivity index (χ0n) is 13.6. The number of thiazole rings is 1. The lowest BCUT2D eigenvalue weighted by Gasteiger charge is -2.04. The van der Waals surface area contributed by atoms with Crippen LogP contribution < -0.4 is 5.32 Å². The number of aryl methyl sites for hydroxylation is 1. The maximum Gasteiger partial charge on any atom is 0.236 e. The Hall–Kier alpha value is -2.25. The van der Waals surface area contributed by atoms with Crippen LogP contribution in [0.15, 0.2) is 41.3 Å². The Bertz CT molecular complexity index is 969. The van der Waals surface area contributed by atoms with E-state index < -0.39 is 5.82 Å². The van der Waals surface area contributed by atoms with Crippen LogP contribution in [0.4, 0.5) is 9.52 Å². The Morgan fingerprint density at radius 2 is 2.04 bits per heavy atom. The second-order valence-electron chi connectivity index (χ2n) is 5.53. The minimum Gasteiger partial charge on any atom is -0.301 e. The quantitative estimate of drug-likeness (QED) is 0.520. The fraction of sp³-hybridized carbons (Fsp3) is 0.167. The van der Waals surface area contributed by atoms with Crippen molar-refractivity contribution in [3.8, 4) is 0 Å². The molecule has 0 aliphatic carbocycles. The summed E-state index contributed by atoms with van der Waals surface area (Å²) in [6, 6.07) is 10.2. The fourth-order valence-corrected chi connectivity index (χ4v) is 3.92. The number of aromatic nitrogens is 1. The molecular weight excluding hydrogens is 359 g/mol. The van der Waals surface area contributed by atoms with Crippen molar-refractivity contribution in [3.05, 3.63) is 53.3 Å². The van der Waals surface area contributed by atoms with Gasteiger partial charge >= 0.3 is 0 Å². The maximum atomic E-state index is 14.0. The maximum absolute atomic E-state index is 14.0. The van der Waals surface area contributed by atoms with Crippen LogP contribution >= 0.6 is 23.1 Å². The summed E-state index contributed by atoms with van der Waals surface area (Å²) in [5.74, 6) is -0.887. The molecule has 3 rings (SSSR count). The van der Waals surface area contributed by atoms with Gasteiger partial charge in [0.05, 0.1) is 16.0 Å². The van der Waals surface area contributed by atoms with E-state index in [0.717, 1.165) is 27.5 Å². The zero-order valence-corrected chi connectivity index (χ0v) is 15.3. The van der Waals surface area contributed by atoms with Crippen molar-refractivity contribution < 1.29 is 14.0 Å². The fourth-order valence-electron chi connectivity index (χ4n) is 2.22. The van der Waals surface area contributed by atoms with Crippen LogP contribution in [-0.4, -0.2) is 22.4 Å². The molecular formula is C18H15FN2O2S2. The molecule has 25 heavy (non-hydrogen) atoms. The first-order chi connectivity index (χ1) is 11.9. The number of amides is 1. The highest BCUT2D eigenvalue weighted by atomic mass is 32.2. The van der Waals surface area contributed by atoms with E-state index in [1.165, 1.54) is 30.4 Å². The Morgan fingerprint density at radius 3 is 2.76 bits per heavy atom. The van der Waals surface area contributed by atoms with Crippen molar-refractivity contribution in [2.45, 2.75) is 18.7 Å². The van der Waals surface area contributed by atoms with Crippen LogP contribution in [0.25, 0.3) is 10.2 Å². The third kappa shape index (κ3) is 4.24. The van der Waals surface area contributed by atoms with Gasteiger partial charge in [0.2, 0.25) is 5.91 Å². The van der Waals surface area contributed by atoms with Gasteiger partial charge in [-0.1, -0.05) is 23.5 Å². The molecule has 0 aliphatic rings. The summed E-state index contributed by atoms with van der Waals surface area (Å²) in [5.41, 5.74) is 2.29. The van der Waals surface area contributed by atoms with Gasteiger partial charge in [-0.2, -0.15) is 0 Å². The Balaban J connectivity index is 1.63. The van der Waals surface area contributed by atoms with E-state index in [1.54, 1.807) is 6.07 Å². The topological polar surface area (TPSA) is 59.1 Å². The van der Waals surface area contributed by atoms with E-state index in [2.05, 4.69) is 10.3 Å². The third-order valence-electron chi connectivity index (χ3n) is 3.49. The first kappa shape index (κ1) is 17.6. The highest BCUT2D eigenvalue weighted by Gasteiger charge is 2.11. The van der Waals surface area contributed by atoms with Crippen molar-refractivity contribution >= 4 is 50.1 Å². The first-order valence-electron chi connectivity index (χ1n) is 7.53. The standard InChI is InChI=1S/C18H15FN2O2S2/c1-10-3-5-14-16(7-10)25-18(20-14)21-17(23)9-24-15-6-4-12(11(2)22)8-13(15)19/h3-8H,9H2,1-2H3,(H,20,21,23). The van der Waals surface area contributed by atoms with E-state index >= 15 is 0 Å². The largest absolute Gasteiger partial charge is 0.301 e. The van der Waals surface area contributed by atoms with Gasteiger partial charge < -0.3 is 5.32 Å². The molecule has 1 aromatic heterocycles. The van der Waals surface area contributed by atoms with Crippen molar-refractivity contribution in [1.29, 1.82) is 0 Å². The molecule has 0 unspecified atom stereocenters. The average molecular weight is 374 g/mol. The Kier molecular flexibility index (Phi) is 5.15. The summed E-state index contributed by atoms with van der Waals surface area (Å²) in [6.07, 6.45) is 0. The Morgan fingerprint density at radius 1 is 1.24 bits per heavy atom. The van der Waals surface area contributed by atoms with E-state index in [4.69, 9.17) is 0 Å². The number of carbonyl (C=O) groups excluding carboxylic acids is 2. The van der Waals surface area contributed by atoms with E-state index in [-0.39, 0.29) is 17.4 Å². The summed E-state index contributed by atoms with van der Waals surface area (Å²) >= 11 is 2.49. The van der Waals surface area contributed by atoms with Gasteiger partial charge in [0.15, 0.2) is 10.9 Å². The van der Waals surface area contributed by atoms with Crippen LogP contribution in [0.5, 0.6) is 0 Å².